The minimum absolute atomic E-state index is 0.000520. The second kappa shape index (κ2) is 35.1. The van der Waals surface area contributed by atoms with Gasteiger partial charge in [-0.1, -0.05) is 30.3 Å². The lowest BCUT2D eigenvalue weighted by Gasteiger charge is -2.34. The predicted molar refractivity (Wildman–Crippen MR) is 345 cm³/mol. The van der Waals surface area contributed by atoms with Gasteiger partial charge in [-0.25, -0.2) is 0 Å². The molecule has 5 aliphatic heterocycles. The van der Waals surface area contributed by atoms with Crippen molar-refractivity contribution < 1.29 is 67.4 Å². The summed E-state index contributed by atoms with van der Waals surface area (Å²) in [6.07, 6.45) is 1.84. The molecular weight excluding hydrogens is 1270 g/mol. The first-order valence-corrected chi connectivity index (χ1v) is 34.1. The normalized spacial score (nSPS) is 25.7. The van der Waals surface area contributed by atoms with Gasteiger partial charge >= 0.3 is 0 Å². The van der Waals surface area contributed by atoms with E-state index in [2.05, 4.69) is 52.8 Å². The van der Waals surface area contributed by atoms with E-state index < -0.39 is 157 Å². The maximum absolute atomic E-state index is 15.3. The Morgan fingerprint density at radius 1 is 0.624 bits per heavy atom. The molecule has 3 saturated heterocycles. The van der Waals surface area contributed by atoms with Crippen LogP contribution in [-0.2, 0) is 86.0 Å². The fourth-order valence-electron chi connectivity index (χ4n) is 11.4. The molecule has 4 bridgehead atoms. The van der Waals surface area contributed by atoms with Crippen LogP contribution in [0, 0.1) is 0 Å². The molecule has 9 atom stereocenters. The minimum Gasteiger partial charge on any atom is -0.508 e. The molecule has 0 radical (unpaired) electrons. The van der Waals surface area contributed by atoms with Gasteiger partial charge in [0.1, 0.15) is 60.1 Å². The van der Waals surface area contributed by atoms with Crippen molar-refractivity contribution in [3.05, 3.63) is 64.7 Å². The molecule has 7 rings (SSSR count). The fraction of sp³-hybridized carbons (Fsp3) is 0.559. The standard InChI is InChI=1S/C59H83N17O14S3/c1-32-50(82)71-39(21-33-10-12-37(77)13-11-33)53(85)72-41(52(84)66-23-46(61)78)30-92-27-35-18-34-19-36(20-35)28-93-31-42(57(89)76-17-5-9-45(76)58(90)75-16-4-7-43(75)54(86)68-32)73-55(87)44-8-3-15-74(44)56(88)38(6-2-14-64-59(62)63)69-49(81)25-65-48(80)24-67-51(83)40(29-91-26-34)70-47(79)22-60/h10-13,18-20,32,38-45,77H,2-9,14-17,21-31,60H2,1H3,(H2,61,78)(H,65,80)(H,66,84)(H,67,83)(H,68,86)(H,69,81)(H,70,79)(H,71,82)(H,72,85)(H,73,87)(H4,62,63,64)/t32-,38-,39-,40-,41-,42-,43-,44-,45-/m0/s1. The highest BCUT2D eigenvalue weighted by molar-refractivity contribution is 7.99. The summed E-state index contributed by atoms with van der Waals surface area (Å²) >= 11 is 3.76. The predicted octanol–water partition coefficient (Wildman–Crippen LogP) is -4.89. The van der Waals surface area contributed by atoms with E-state index in [1.165, 1.54) is 81.2 Å². The summed E-state index contributed by atoms with van der Waals surface area (Å²) in [5, 5.41) is 33.7. The number of nitrogens with zero attached hydrogens (tertiary/aromatic N) is 4. The van der Waals surface area contributed by atoms with Crippen LogP contribution in [0.3, 0.4) is 0 Å². The number of aromatic hydroxyl groups is 1. The molecule has 5 aliphatic rings. The third kappa shape index (κ3) is 21.3. The van der Waals surface area contributed by atoms with Crippen LogP contribution in [0.2, 0.25) is 0 Å². The number of nitrogens with two attached hydrogens (primary N) is 4. The molecule has 0 spiro atoms. The summed E-state index contributed by atoms with van der Waals surface area (Å²) in [5.41, 5.74) is 24.8. The number of thioether (sulfide) groups is 3. The SMILES string of the molecule is C[C@@H]1NC(=O)[C@@H]2CCCN2C(=O)[C@@H]2CCCN2C(=O)[C@@H]2CSCc3cc(cc(c3)CSC[C@@H](C(=O)NCC(N)=O)NC(=O)[C@H](Cc3ccc(O)cc3)NC1=O)CSC[C@H](NC(=O)CN)C(=O)NCC(=O)NCC(=O)N[C@@H](CCCN=C(N)N)C(=O)N1CCC[C@H]1C(=O)N2. The molecule has 5 heterocycles. The monoisotopic (exact) mass is 1350 g/mol. The van der Waals surface area contributed by atoms with Crippen LogP contribution in [0.15, 0.2) is 47.5 Å². The van der Waals surface area contributed by atoms with Crippen LogP contribution >= 0.6 is 35.3 Å². The van der Waals surface area contributed by atoms with E-state index in [9.17, 15) is 62.6 Å². The number of amides is 13. The summed E-state index contributed by atoms with van der Waals surface area (Å²) < 4.78 is 0. The van der Waals surface area contributed by atoms with Crippen LogP contribution in [0.25, 0.3) is 0 Å². The third-order valence-electron chi connectivity index (χ3n) is 16.0. The minimum atomic E-state index is -1.38. The summed E-state index contributed by atoms with van der Waals surface area (Å²) in [7, 11) is 0. The Labute approximate surface area is 549 Å². The zero-order valence-corrected chi connectivity index (χ0v) is 54.0. The van der Waals surface area contributed by atoms with Crippen molar-refractivity contribution in [1.29, 1.82) is 0 Å². The smallest absolute Gasteiger partial charge is 0.246 e. The number of phenolic OH excluding ortho intramolecular Hbond substituents is 1. The Hall–Kier alpha value is -8.37. The number of phenols is 1. The number of nitrogens with one attached hydrogen (secondary N) is 9. The maximum Gasteiger partial charge on any atom is 0.246 e. The second-order valence-corrected chi connectivity index (χ2v) is 26.2. The van der Waals surface area contributed by atoms with Gasteiger partial charge in [-0.2, -0.15) is 35.3 Å². The lowest BCUT2D eigenvalue weighted by Crippen LogP contribution is -2.60. The molecule has 3 fully saturated rings. The number of hydrogen-bond donors (Lipinski definition) is 14. The third-order valence-corrected chi connectivity index (χ3v) is 19.3. The lowest BCUT2D eigenvalue weighted by molar-refractivity contribution is -0.148. The zero-order valence-electron chi connectivity index (χ0n) is 51.6. The Bertz CT molecular complexity index is 3140. The number of fused-ring (bicyclic) bond motifs is 8. The first kappa shape index (κ1) is 72.1. The van der Waals surface area contributed by atoms with Gasteiger partial charge < -0.3 is 90.6 Å². The van der Waals surface area contributed by atoms with E-state index in [1.54, 1.807) is 0 Å². The van der Waals surface area contributed by atoms with Crippen LogP contribution in [-0.4, -0.2) is 227 Å². The second-order valence-electron chi connectivity index (χ2n) is 23.1. The summed E-state index contributed by atoms with van der Waals surface area (Å²) in [5.74, 6) is -9.11. The molecule has 0 unspecified atom stereocenters. The molecule has 18 N–H and O–H groups in total. The lowest BCUT2D eigenvalue weighted by atomic mass is 10.0. The number of carbonyl (C=O) groups excluding carboxylic acids is 13. The number of benzene rings is 2. The number of guanidine groups is 1. The number of primary amides is 1. The first-order chi connectivity index (χ1) is 44.5. The van der Waals surface area contributed by atoms with E-state index in [1.807, 2.05) is 18.2 Å². The molecule has 0 saturated carbocycles. The largest absolute Gasteiger partial charge is 0.508 e. The highest BCUT2D eigenvalue weighted by atomic mass is 32.2. The quantitative estimate of drug-likeness (QED) is 0.0570. The number of rotatable bonds is 11. The van der Waals surface area contributed by atoms with Crippen molar-refractivity contribution in [3.63, 3.8) is 0 Å². The van der Waals surface area contributed by atoms with Gasteiger partial charge in [0.2, 0.25) is 76.8 Å². The van der Waals surface area contributed by atoms with Crippen molar-refractivity contribution in [2.75, 3.05) is 69.6 Å². The van der Waals surface area contributed by atoms with Gasteiger partial charge in [0, 0.05) is 67.1 Å². The van der Waals surface area contributed by atoms with Gasteiger partial charge in [-0.05, 0) is 92.7 Å². The zero-order chi connectivity index (χ0) is 67.3. The Kier molecular flexibility index (Phi) is 27.2. The summed E-state index contributed by atoms with van der Waals surface area (Å²) in [4.78, 5) is 189. The number of aliphatic imine (C=N–C) groups is 1. The van der Waals surface area contributed by atoms with Gasteiger partial charge in [-0.15, -0.1) is 0 Å². The van der Waals surface area contributed by atoms with Gasteiger partial charge in [0.05, 0.1) is 26.2 Å². The van der Waals surface area contributed by atoms with Crippen molar-refractivity contribution >= 4 is 118 Å². The Morgan fingerprint density at radius 2 is 1.19 bits per heavy atom. The van der Waals surface area contributed by atoms with Crippen molar-refractivity contribution in [3.8, 4) is 5.75 Å². The molecule has 31 nitrogen and oxygen atoms in total. The fourth-order valence-corrected chi connectivity index (χ4v) is 14.3. The molecule has 2 aromatic rings. The van der Waals surface area contributed by atoms with Crippen LogP contribution in [0.4, 0.5) is 0 Å². The number of carbonyl (C=O) groups is 13. The maximum atomic E-state index is 15.3. The van der Waals surface area contributed by atoms with Crippen LogP contribution in [0.5, 0.6) is 5.75 Å². The van der Waals surface area contributed by atoms with Crippen molar-refractivity contribution in [2.45, 2.75) is 136 Å². The van der Waals surface area contributed by atoms with Crippen molar-refractivity contribution in [1.82, 2.24) is 62.6 Å². The molecule has 34 heteroatoms. The highest BCUT2D eigenvalue weighted by Gasteiger charge is 2.46. The van der Waals surface area contributed by atoms with E-state index in [0.717, 1.165) is 11.1 Å². The number of hydrogen-bond acceptors (Lipinski definition) is 19. The summed E-state index contributed by atoms with van der Waals surface area (Å²) in [6, 6.07) is 0.508. The topological polar surface area (TPSA) is 477 Å². The van der Waals surface area contributed by atoms with E-state index >= 15 is 4.79 Å². The molecular formula is C59H83N17O14S3. The molecule has 0 aromatic heterocycles. The van der Waals surface area contributed by atoms with Crippen LogP contribution in [0.1, 0.15) is 80.5 Å². The molecule has 13 amide bonds. The van der Waals surface area contributed by atoms with Gasteiger partial charge in [0.25, 0.3) is 0 Å². The van der Waals surface area contributed by atoms with E-state index in [0.29, 0.717) is 30.4 Å². The average Bonchev–Trinajstić information content (AvgIpc) is 1.70. The summed E-state index contributed by atoms with van der Waals surface area (Å²) in [6.45, 7) is -0.434. The van der Waals surface area contributed by atoms with E-state index in [4.69, 9.17) is 22.9 Å². The van der Waals surface area contributed by atoms with Gasteiger partial charge in [0.15, 0.2) is 5.96 Å². The van der Waals surface area contributed by atoms with Gasteiger partial charge in [-0.3, -0.25) is 67.3 Å². The first-order valence-electron chi connectivity index (χ1n) is 30.7. The molecule has 506 valence electrons. The Morgan fingerprint density at radius 3 is 1.81 bits per heavy atom. The Balaban J connectivity index is 1.27. The molecule has 2 aromatic carbocycles. The molecule has 0 aliphatic carbocycles. The van der Waals surface area contributed by atoms with Crippen LogP contribution < -0.4 is 70.8 Å². The molecule has 93 heavy (non-hydrogen) atoms. The average molecular weight is 1350 g/mol. The highest BCUT2D eigenvalue weighted by Crippen LogP contribution is 2.29. The van der Waals surface area contributed by atoms with E-state index in [-0.39, 0.29) is 111 Å². The van der Waals surface area contributed by atoms with Crippen molar-refractivity contribution in [2.24, 2.45) is 27.9 Å².